The molecule has 0 amide bonds. The van der Waals surface area contributed by atoms with Gasteiger partial charge in [0.2, 0.25) is 0 Å². The normalized spacial score (nSPS) is 11.9. The Morgan fingerprint density at radius 3 is 1.23 bits per heavy atom. The van der Waals surface area contributed by atoms with Gasteiger partial charge in [-0.15, -0.1) is 0 Å². The van der Waals surface area contributed by atoms with Gasteiger partial charge in [-0.2, -0.15) is 26.3 Å². The Kier molecular flexibility index (Phi) is 7.27. The number of aromatic amines is 1. The molecule has 35 heavy (non-hydrogen) atoms. The maximum absolute atomic E-state index is 13.0. The SMILES string of the molecule is CCOC(=O)c1c(-c2ccc(C(F)(F)F)cc2)[nH]c(-c2ccc(C(F)(F)F)cc2)c1C(=O)OCC. The smallest absolute Gasteiger partial charge is 0.416 e. The largest absolute Gasteiger partial charge is 0.462 e. The molecule has 3 rings (SSSR count). The molecule has 0 saturated carbocycles. The van der Waals surface area contributed by atoms with Crippen LogP contribution in [0.1, 0.15) is 45.7 Å². The number of carbonyl (C=O) groups is 2. The molecule has 0 radical (unpaired) electrons. The summed E-state index contributed by atoms with van der Waals surface area (Å²) in [4.78, 5) is 28.5. The quantitative estimate of drug-likeness (QED) is 0.301. The van der Waals surface area contributed by atoms with Crippen LogP contribution in [-0.4, -0.2) is 30.1 Å². The van der Waals surface area contributed by atoms with Gasteiger partial charge in [-0.1, -0.05) is 24.3 Å². The number of H-pyrrole nitrogens is 1. The molecule has 5 nitrogen and oxygen atoms in total. The molecule has 186 valence electrons. The summed E-state index contributed by atoms with van der Waals surface area (Å²) in [6.07, 6.45) is -9.20. The molecule has 0 aliphatic heterocycles. The number of carbonyl (C=O) groups excluding carboxylic acids is 2. The number of nitrogens with one attached hydrogen (secondary N) is 1. The van der Waals surface area contributed by atoms with Gasteiger partial charge in [-0.3, -0.25) is 0 Å². The first-order valence-corrected chi connectivity index (χ1v) is 10.3. The molecule has 0 aliphatic carbocycles. The van der Waals surface area contributed by atoms with E-state index in [9.17, 15) is 35.9 Å². The predicted octanol–water partition coefficient (Wildman–Crippen LogP) is 6.74. The molecule has 11 heteroatoms. The van der Waals surface area contributed by atoms with Gasteiger partial charge in [0, 0.05) is 0 Å². The molecule has 0 fully saturated rings. The van der Waals surface area contributed by atoms with Gasteiger partial charge < -0.3 is 14.5 Å². The van der Waals surface area contributed by atoms with E-state index in [0.29, 0.717) is 0 Å². The van der Waals surface area contributed by atoms with Gasteiger partial charge >= 0.3 is 24.3 Å². The number of esters is 2. The van der Waals surface area contributed by atoms with E-state index in [4.69, 9.17) is 9.47 Å². The number of aromatic nitrogens is 1. The van der Waals surface area contributed by atoms with Crippen molar-refractivity contribution in [1.82, 2.24) is 4.98 Å². The number of halogens is 6. The third-order valence-corrected chi connectivity index (χ3v) is 4.96. The fourth-order valence-electron chi connectivity index (χ4n) is 3.40. The van der Waals surface area contributed by atoms with E-state index in [2.05, 4.69) is 4.98 Å². The van der Waals surface area contributed by atoms with Crippen LogP contribution < -0.4 is 0 Å². The Bertz CT molecular complexity index is 1120. The number of hydrogen-bond donors (Lipinski definition) is 1. The highest BCUT2D eigenvalue weighted by molar-refractivity contribution is 6.11. The number of ether oxygens (including phenoxy) is 2. The van der Waals surface area contributed by atoms with Gasteiger partial charge in [0.25, 0.3) is 0 Å². The first kappa shape index (κ1) is 25.9. The Balaban J connectivity index is 2.27. The van der Waals surface area contributed by atoms with Gasteiger partial charge in [-0.05, 0) is 49.2 Å². The molecule has 0 unspecified atom stereocenters. The molecule has 0 saturated heterocycles. The number of benzene rings is 2. The van der Waals surface area contributed by atoms with Crippen molar-refractivity contribution >= 4 is 11.9 Å². The summed E-state index contributed by atoms with van der Waals surface area (Å²) in [5.74, 6) is -1.92. The van der Waals surface area contributed by atoms with Crippen molar-refractivity contribution < 1.29 is 45.4 Å². The highest BCUT2D eigenvalue weighted by Crippen LogP contribution is 2.38. The van der Waals surface area contributed by atoms with Crippen molar-refractivity contribution in [3.63, 3.8) is 0 Å². The number of alkyl halides is 6. The van der Waals surface area contributed by atoms with Crippen LogP contribution in [0.4, 0.5) is 26.3 Å². The summed E-state index contributed by atoms with van der Waals surface area (Å²) in [6, 6.07) is 7.59. The number of rotatable bonds is 6. The summed E-state index contributed by atoms with van der Waals surface area (Å²) in [7, 11) is 0. The van der Waals surface area contributed by atoms with E-state index in [-0.39, 0.29) is 46.9 Å². The van der Waals surface area contributed by atoms with Crippen LogP contribution in [0.25, 0.3) is 22.5 Å². The van der Waals surface area contributed by atoms with E-state index in [0.717, 1.165) is 48.5 Å². The third kappa shape index (κ3) is 5.50. The van der Waals surface area contributed by atoms with E-state index in [1.54, 1.807) is 0 Å². The molecular formula is C24H19F6NO4. The van der Waals surface area contributed by atoms with Crippen molar-refractivity contribution in [3.05, 3.63) is 70.8 Å². The maximum atomic E-state index is 13.0. The van der Waals surface area contributed by atoms with Crippen LogP contribution in [0.15, 0.2) is 48.5 Å². The molecule has 0 aliphatic rings. The average Bonchev–Trinajstić information content (AvgIpc) is 3.19. The third-order valence-electron chi connectivity index (χ3n) is 4.96. The molecule has 1 aromatic heterocycles. The van der Waals surface area contributed by atoms with E-state index < -0.39 is 35.4 Å². The Morgan fingerprint density at radius 1 is 0.657 bits per heavy atom. The van der Waals surface area contributed by atoms with Crippen LogP contribution in [0, 0.1) is 0 Å². The van der Waals surface area contributed by atoms with Crippen molar-refractivity contribution in [2.75, 3.05) is 13.2 Å². The van der Waals surface area contributed by atoms with Crippen LogP contribution >= 0.6 is 0 Å². The highest BCUT2D eigenvalue weighted by Gasteiger charge is 2.34. The zero-order valence-electron chi connectivity index (χ0n) is 18.4. The second-order valence-corrected chi connectivity index (χ2v) is 7.22. The summed E-state index contributed by atoms with van der Waals surface area (Å²) in [6.45, 7) is 2.88. The van der Waals surface area contributed by atoms with Crippen molar-refractivity contribution in [2.45, 2.75) is 26.2 Å². The second kappa shape index (κ2) is 9.85. The average molecular weight is 499 g/mol. The minimum atomic E-state index is -4.60. The lowest BCUT2D eigenvalue weighted by Gasteiger charge is -2.10. The van der Waals surface area contributed by atoms with Crippen LogP contribution in [-0.2, 0) is 21.8 Å². The Morgan fingerprint density at radius 2 is 0.971 bits per heavy atom. The summed E-state index contributed by atoms with van der Waals surface area (Å²) in [5.41, 5.74) is -2.34. The maximum Gasteiger partial charge on any atom is 0.416 e. The van der Waals surface area contributed by atoms with Crippen molar-refractivity contribution in [2.24, 2.45) is 0 Å². The fourth-order valence-corrected chi connectivity index (χ4v) is 3.40. The number of hydrogen-bond acceptors (Lipinski definition) is 4. The first-order chi connectivity index (χ1) is 16.4. The Labute approximate surface area is 195 Å². The van der Waals surface area contributed by atoms with E-state index >= 15 is 0 Å². The molecule has 0 atom stereocenters. The summed E-state index contributed by atoms with van der Waals surface area (Å²) in [5, 5.41) is 0. The Hall–Kier alpha value is -3.76. The molecule has 3 aromatic rings. The first-order valence-electron chi connectivity index (χ1n) is 10.3. The molecule has 1 heterocycles. The zero-order valence-corrected chi connectivity index (χ0v) is 18.4. The lowest BCUT2D eigenvalue weighted by molar-refractivity contribution is -0.138. The van der Waals surface area contributed by atoms with Crippen LogP contribution in [0.3, 0.4) is 0 Å². The standard InChI is InChI=1S/C24H19F6NO4/c1-3-34-21(32)17-18(22(33)35-4-2)20(14-7-11-16(12-8-14)24(28,29)30)31-19(17)13-5-9-15(10-6-13)23(25,26)27/h5-12,31H,3-4H2,1-2H3. The topological polar surface area (TPSA) is 68.4 Å². The summed E-state index contributed by atoms with van der Waals surface area (Å²) < 4.78 is 88.1. The fraction of sp³-hybridized carbons (Fsp3) is 0.250. The van der Waals surface area contributed by atoms with Gasteiger partial charge in [0.1, 0.15) is 11.1 Å². The second-order valence-electron chi connectivity index (χ2n) is 7.22. The summed E-state index contributed by atoms with van der Waals surface area (Å²) >= 11 is 0. The van der Waals surface area contributed by atoms with Crippen LogP contribution in [0.5, 0.6) is 0 Å². The lowest BCUT2D eigenvalue weighted by atomic mass is 10.00. The zero-order chi connectivity index (χ0) is 26.0. The monoisotopic (exact) mass is 499 g/mol. The van der Waals surface area contributed by atoms with E-state index in [1.165, 1.54) is 13.8 Å². The molecule has 0 bridgehead atoms. The van der Waals surface area contributed by atoms with Crippen molar-refractivity contribution in [1.29, 1.82) is 0 Å². The minimum absolute atomic E-state index is 0.0462. The molecular weight excluding hydrogens is 480 g/mol. The van der Waals surface area contributed by atoms with Crippen LogP contribution in [0.2, 0.25) is 0 Å². The molecule has 2 aromatic carbocycles. The minimum Gasteiger partial charge on any atom is -0.462 e. The molecule has 1 N–H and O–H groups in total. The van der Waals surface area contributed by atoms with Gasteiger partial charge in [-0.25, -0.2) is 9.59 Å². The van der Waals surface area contributed by atoms with Crippen molar-refractivity contribution in [3.8, 4) is 22.5 Å². The van der Waals surface area contributed by atoms with Gasteiger partial charge in [0.05, 0.1) is 35.7 Å². The highest BCUT2D eigenvalue weighted by atomic mass is 19.4. The molecule has 0 spiro atoms. The lowest BCUT2D eigenvalue weighted by Crippen LogP contribution is -2.14. The van der Waals surface area contributed by atoms with Gasteiger partial charge in [0.15, 0.2) is 0 Å². The predicted molar refractivity (Wildman–Crippen MR) is 114 cm³/mol. The van der Waals surface area contributed by atoms with E-state index in [1.807, 2.05) is 0 Å².